The number of rotatable bonds is 5. The van der Waals surface area contributed by atoms with Crippen LogP contribution in [0.25, 0.3) is 0 Å². The summed E-state index contributed by atoms with van der Waals surface area (Å²) in [4.78, 5) is 29.6. The molecule has 3 N–H and O–H groups in total. The van der Waals surface area contributed by atoms with Gasteiger partial charge in [0.2, 0.25) is 0 Å². The molecule has 1 aromatic heterocycles. The second kappa shape index (κ2) is 7.35. The Kier molecular flexibility index (Phi) is 4.86. The van der Waals surface area contributed by atoms with Crippen LogP contribution in [0.3, 0.4) is 0 Å². The fraction of sp³-hybridized carbons (Fsp3) is 0.348. The molecule has 1 aliphatic heterocycles. The quantitative estimate of drug-likeness (QED) is 0.732. The summed E-state index contributed by atoms with van der Waals surface area (Å²) in [5.74, 6) is -0.0336. The molecule has 29 heavy (non-hydrogen) atoms. The lowest BCUT2D eigenvalue weighted by Crippen LogP contribution is -2.28. The van der Waals surface area contributed by atoms with Crippen LogP contribution in [0.4, 0.5) is 5.69 Å². The van der Waals surface area contributed by atoms with Crippen molar-refractivity contribution in [3.05, 3.63) is 70.7 Å². The van der Waals surface area contributed by atoms with Crippen LogP contribution in [0.5, 0.6) is 0 Å². The van der Waals surface area contributed by atoms with Gasteiger partial charge in [0.05, 0.1) is 0 Å². The molecule has 1 saturated carbocycles. The average Bonchev–Trinajstić information content (AvgIpc) is 3.26. The maximum atomic E-state index is 12.8. The molecule has 0 saturated heterocycles. The van der Waals surface area contributed by atoms with Gasteiger partial charge < -0.3 is 16.0 Å². The molecule has 6 nitrogen and oxygen atoms in total. The van der Waals surface area contributed by atoms with Crippen LogP contribution in [-0.2, 0) is 6.42 Å². The van der Waals surface area contributed by atoms with Gasteiger partial charge in [0.1, 0.15) is 5.69 Å². The molecule has 2 amide bonds. The maximum absolute atomic E-state index is 12.8. The van der Waals surface area contributed by atoms with Gasteiger partial charge in [0.25, 0.3) is 11.8 Å². The summed E-state index contributed by atoms with van der Waals surface area (Å²) >= 11 is 0. The molecular weight excluding hydrogens is 364 g/mol. The summed E-state index contributed by atoms with van der Waals surface area (Å²) in [5.41, 5.74) is 5.75. The van der Waals surface area contributed by atoms with Crippen molar-refractivity contribution in [3.8, 4) is 0 Å². The van der Waals surface area contributed by atoms with Crippen molar-refractivity contribution in [2.24, 2.45) is 5.92 Å². The molecule has 2 heterocycles. The summed E-state index contributed by atoms with van der Waals surface area (Å²) in [6, 6.07) is 9.69. The number of aromatic nitrogens is 1. The van der Waals surface area contributed by atoms with Gasteiger partial charge in [-0.3, -0.25) is 9.59 Å². The highest BCUT2D eigenvalue weighted by molar-refractivity contribution is 5.99. The minimum Gasteiger partial charge on any atom is -0.359 e. The number of amides is 2. The summed E-state index contributed by atoms with van der Waals surface area (Å²) in [6.07, 6.45) is 1.76. The highest BCUT2D eigenvalue weighted by atomic mass is 16.2. The van der Waals surface area contributed by atoms with Crippen LogP contribution < -0.4 is 16.0 Å². The first-order chi connectivity index (χ1) is 13.9. The summed E-state index contributed by atoms with van der Waals surface area (Å²) in [7, 11) is 1.56. The van der Waals surface area contributed by atoms with Gasteiger partial charge in [0, 0.05) is 48.1 Å². The van der Waals surface area contributed by atoms with Crippen molar-refractivity contribution >= 4 is 17.5 Å². The Balaban J connectivity index is 1.72. The third kappa shape index (κ3) is 3.75. The van der Waals surface area contributed by atoms with Crippen LogP contribution >= 0.6 is 0 Å². The molecule has 0 bridgehead atoms. The lowest BCUT2D eigenvalue weighted by atomic mass is 9.90. The molecule has 1 fully saturated rings. The van der Waals surface area contributed by atoms with Crippen molar-refractivity contribution < 1.29 is 9.59 Å². The standard InChI is InChI=1S/C23H26N4O2/c1-12-8-19(12)27-22(28)15-10-20(26-21(11-15)23(29)24-4)14(3)16-6-5-7-18-17(16)9-13(2)25-18/h5-7,10-12,14,19,25H,2,8-9H2,1,3-4H3,(H,24,29)(H,27,28)/t12-,14?,19-/m0/s1. The number of allylic oxidation sites excluding steroid dienone is 1. The molecule has 6 heteroatoms. The molecule has 150 valence electrons. The minimum atomic E-state index is -0.304. The Hall–Kier alpha value is -3.15. The van der Waals surface area contributed by atoms with E-state index < -0.39 is 0 Å². The van der Waals surface area contributed by atoms with Crippen molar-refractivity contribution in [3.63, 3.8) is 0 Å². The lowest BCUT2D eigenvalue weighted by molar-refractivity contribution is 0.0949. The molecule has 1 aliphatic carbocycles. The number of benzene rings is 1. The Labute approximate surface area is 170 Å². The van der Waals surface area contributed by atoms with Crippen LogP contribution in [0.1, 0.15) is 63.9 Å². The number of hydrogen-bond acceptors (Lipinski definition) is 4. The molecule has 0 radical (unpaired) electrons. The predicted octanol–water partition coefficient (Wildman–Crippen LogP) is 3.21. The topological polar surface area (TPSA) is 83.1 Å². The molecule has 1 aromatic carbocycles. The summed E-state index contributed by atoms with van der Waals surface area (Å²) in [6.45, 7) is 8.20. The van der Waals surface area contributed by atoms with E-state index >= 15 is 0 Å². The normalized spacial score (nSPS) is 20.4. The molecule has 2 aromatic rings. The summed E-state index contributed by atoms with van der Waals surface area (Å²) in [5, 5.41) is 8.95. The zero-order valence-corrected chi connectivity index (χ0v) is 17.0. The van der Waals surface area contributed by atoms with E-state index in [4.69, 9.17) is 0 Å². The first-order valence-corrected chi connectivity index (χ1v) is 9.99. The average molecular weight is 390 g/mol. The number of pyridine rings is 1. The van der Waals surface area contributed by atoms with Gasteiger partial charge in [-0.2, -0.15) is 0 Å². The van der Waals surface area contributed by atoms with Gasteiger partial charge >= 0.3 is 0 Å². The molecule has 1 unspecified atom stereocenters. The van der Waals surface area contributed by atoms with Gasteiger partial charge in [-0.25, -0.2) is 4.98 Å². The number of nitrogens with one attached hydrogen (secondary N) is 3. The molecule has 2 aliphatic rings. The maximum Gasteiger partial charge on any atom is 0.269 e. The Bertz CT molecular complexity index is 1010. The first-order valence-electron chi connectivity index (χ1n) is 9.99. The van der Waals surface area contributed by atoms with Gasteiger partial charge in [-0.1, -0.05) is 32.6 Å². The van der Waals surface area contributed by atoms with Crippen LogP contribution in [0, 0.1) is 5.92 Å². The third-order valence-electron chi connectivity index (χ3n) is 5.82. The first kappa shape index (κ1) is 19.2. The number of nitrogens with zero attached hydrogens (tertiary/aromatic N) is 1. The lowest BCUT2D eigenvalue weighted by Gasteiger charge is -2.17. The second-order valence-electron chi connectivity index (χ2n) is 8.04. The van der Waals surface area contributed by atoms with Crippen molar-refractivity contribution in [1.29, 1.82) is 0 Å². The predicted molar refractivity (Wildman–Crippen MR) is 113 cm³/mol. The van der Waals surface area contributed by atoms with Gasteiger partial charge in [-0.15, -0.1) is 0 Å². The van der Waals surface area contributed by atoms with Crippen LogP contribution in [0.15, 0.2) is 42.6 Å². The number of fused-ring (bicyclic) bond motifs is 1. The smallest absolute Gasteiger partial charge is 0.269 e. The fourth-order valence-corrected chi connectivity index (χ4v) is 3.86. The Morgan fingerprint density at radius 3 is 2.72 bits per heavy atom. The van der Waals surface area contributed by atoms with E-state index in [-0.39, 0.29) is 29.5 Å². The van der Waals surface area contributed by atoms with E-state index in [1.165, 1.54) is 5.56 Å². The highest BCUT2D eigenvalue weighted by Crippen LogP contribution is 2.36. The van der Waals surface area contributed by atoms with E-state index in [1.54, 1.807) is 19.2 Å². The minimum absolute atomic E-state index is 0.0753. The fourth-order valence-electron chi connectivity index (χ4n) is 3.86. The number of carbonyl (C=O) groups is 2. The van der Waals surface area contributed by atoms with Crippen molar-refractivity contribution in [2.75, 3.05) is 12.4 Å². The summed E-state index contributed by atoms with van der Waals surface area (Å²) < 4.78 is 0. The molecule has 4 rings (SSSR count). The highest BCUT2D eigenvalue weighted by Gasteiger charge is 2.34. The van der Waals surface area contributed by atoms with E-state index in [0.29, 0.717) is 17.2 Å². The monoisotopic (exact) mass is 390 g/mol. The zero-order chi connectivity index (χ0) is 20.7. The number of carbonyl (C=O) groups excluding carboxylic acids is 2. The Morgan fingerprint density at radius 2 is 2.03 bits per heavy atom. The zero-order valence-electron chi connectivity index (χ0n) is 17.0. The van der Waals surface area contributed by atoms with E-state index in [1.807, 2.05) is 12.1 Å². The van der Waals surface area contributed by atoms with E-state index in [9.17, 15) is 9.59 Å². The molecular formula is C23H26N4O2. The molecule has 3 atom stereocenters. The molecule has 0 spiro atoms. The van der Waals surface area contributed by atoms with Crippen molar-refractivity contribution in [2.45, 2.75) is 38.6 Å². The van der Waals surface area contributed by atoms with E-state index in [0.717, 1.165) is 29.8 Å². The van der Waals surface area contributed by atoms with Crippen LogP contribution in [0.2, 0.25) is 0 Å². The third-order valence-corrected chi connectivity index (χ3v) is 5.82. The van der Waals surface area contributed by atoms with Crippen molar-refractivity contribution in [1.82, 2.24) is 15.6 Å². The number of hydrogen-bond donors (Lipinski definition) is 3. The Morgan fingerprint density at radius 1 is 1.28 bits per heavy atom. The van der Waals surface area contributed by atoms with Gasteiger partial charge in [-0.05, 0) is 41.7 Å². The second-order valence-corrected chi connectivity index (χ2v) is 8.04. The largest absolute Gasteiger partial charge is 0.359 e. The SMILES string of the molecule is C=C1Cc2c(cccc2C(C)c2cc(C(=O)N[C@H]3C[C@@H]3C)cc(C(=O)NC)n2)N1. The van der Waals surface area contributed by atoms with E-state index in [2.05, 4.69) is 47.4 Å². The van der Waals surface area contributed by atoms with Gasteiger partial charge in [0.15, 0.2) is 0 Å². The number of anilines is 1. The van der Waals surface area contributed by atoms with Crippen LogP contribution in [-0.4, -0.2) is 29.9 Å².